The van der Waals surface area contributed by atoms with Gasteiger partial charge in [0.1, 0.15) is 17.2 Å². The molecular formula is C14H16FNO4S. The van der Waals surface area contributed by atoms with Gasteiger partial charge < -0.3 is 9.52 Å². The topological polar surface area (TPSA) is 79.5 Å². The van der Waals surface area contributed by atoms with E-state index in [0.29, 0.717) is 5.56 Å². The largest absolute Gasteiger partial charge is 0.466 e. The smallest absolute Gasteiger partial charge is 0.215 e. The van der Waals surface area contributed by atoms with E-state index in [0.717, 1.165) is 6.07 Å². The molecule has 1 heterocycles. The molecule has 0 fully saturated rings. The number of nitrogens with one attached hydrogen (secondary N) is 1. The van der Waals surface area contributed by atoms with E-state index in [9.17, 15) is 17.9 Å². The molecule has 2 rings (SSSR count). The number of rotatable bonds is 6. The van der Waals surface area contributed by atoms with Crippen molar-refractivity contribution >= 4 is 10.0 Å². The summed E-state index contributed by atoms with van der Waals surface area (Å²) in [6.45, 7) is 1.20. The van der Waals surface area contributed by atoms with E-state index >= 15 is 0 Å². The van der Waals surface area contributed by atoms with Crippen molar-refractivity contribution in [3.63, 3.8) is 0 Å². The zero-order valence-corrected chi connectivity index (χ0v) is 12.2. The summed E-state index contributed by atoms with van der Waals surface area (Å²) in [5, 5.41) is 10.2. The molecule has 0 saturated carbocycles. The van der Waals surface area contributed by atoms with Crippen molar-refractivity contribution in [1.82, 2.24) is 4.72 Å². The first-order valence-electron chi connectivity index (χ1n) is 6.27. The molecule has 2 N–H and O–H groups in total. The highest BCUT2D eigenvalue weighted by atomic mass is 32.2. The minimum Gasteiger partial charge on any atom is -0.466 e. The number of aliphatic hydroxyl groups is 1. The van der Waals surface area contributed by atoms with Gasteiger partial charge in [-0.15, -0.1) is 0 Å². The molecule has 0 bridgehead atoms. The fourth-order valence-electron chi connectivity index (χ4n) is 1.82. The molecule has 21 heavy (non-hydrogen) atoms. The molecule has 114 valence electrons. The molecular weight excluding hydrogens is 297 g/mol. The molecule has 1 unspecified atom stereocenters. The molecule has 0 aliphatic heterocycles. The summed E-state index contributed by atoms with van der Waals surface area (Å²) < 4.78 is 44.3. The molecule has 0 radical (unpaired) electrons. The summed E-state index contributed by atoms with van der Waals surface area (Å²) in [4.78, 5) is 0. The Labute approximate surface area is 122 Å². The second kappa shape index (κ2) is 5.97. The van der Waals surface area contributed by atoms with Gasteiger partial charge in [0.05, 0.1) is 12.0 Å². The molecule has 5 nitrogen and oxygen atoms in total. The molecule has 0 amide bonds. The fourth-order valence-corrected chi connectivity index (χ4v) is 3.04. The molecule has 7 heteroatoms. The Morgan fingerprint density at radius 3 is 2.71 bits per heavy atom. The van der Waals surface area contributed by atoms with E-state index < -0.39 is 21.4 Å². The van der Waals surface area contributed by atoms with Crippen LogP contribution in [0, 0.1) is 5.82 Å². The monoisotopic (exact) mass is 313 g/mol. The quantitative estimate of drug-likeness (QED) is 0.851. The van der Waals surface area contributed by atoms with Crippen LogP contribution in [0.3, 0.4) is 0 Å². The van der Waals surface area contributed by atoms with Crippen molar-refractivity contribution < 1.29 is 22.3 Å². The van der Waals surface area contributed by atoms with E-state index in [1.807, 2.05) is 0 Å². The van der Waals surface area contributed by atoms with Crippen LogP contribution in [0.5, 0.6) is 0 Å². The van der Waals surface area contributed by atoms with E-state index in [4.69, 9.17) is 4.42 Å². The zero-order valence-electron chi connectivity index (χ0n) is 11.4. The average molecular weight is 313 g/mol. The third-order valence-corrected chi connectivity index (χ3v) is 4.23. The Kier molecular flexibility index (Phi) is 4.46. The minimum absolute atomic E-state index is 0.238. The van der Waals surface area contributed by atoms with Gasteiger partial charge in [-0.05, 0) is 36.8 Å². The van der Waals surface area contributed by atoms with E-state index in [2.05, 4.69) is 4.72 Å². The first kappa shape index (κ1) is 15.7. The van der Waals surface area contributed by atoms with Crippen molar-refractivity contribution in [3.8, 4) is 0 Å². The third kappa shape index (κ3) is 4.38. The van der Waals surface area contributed by atoms with Crippen molar-refractivity contribution in [2.75, 3.05) is 6.54 Å². The number of halogens is 1. The molecule has 0 aliphatic carbocycles. The lowest BCUT2D eigenvalue weighted by molar-refractivity contribution is 0.0395. The molecule has 1 aromatic heterocycles. The van der Waals surface area contributed by atoms with E-state index in [1.54, 1.807) is 12.1 Å². The molecule has 2 aromatic rings. The Morgan fingerprint density at radius 2 is 2.10 bits per heavy atom. The lowest BCUT2D eigenvalue weighted by Gasteiger charge is -2.21. The normalized spacial score (nSPS) is 14.8. The zero-order chi connectivity index (χ0) is 15.5. The number of furan rings is 1. The summed E-state index contributed by atoms with van der Waals surface area (Å²) in [5.74, 6) is -0.597. The van der Waals surface area contributed by atoms with Gasteiger partial charge in [0.2, 0.25) is 10.0 Å². The highest BCUT2D eigenvalue weighted by Gasteiger charge is 2.28. The van der Waals surface area contributed by atoms with Gasteiger partial charge in [-0.25, -0.2) is 17.5 Å². The summed E-state index contributed by atoms with van der Waals surface area (Å²) in [6.07, 6.45) is 1.39. The van der Waals surface area contributed by atoms with Gasteiger partial charge in [0.15, 0.2) is 0 Å². The van der Waals surface area contributed by atoms with Crippen LogP contribution < -0.4 is 4.72 Å². The predicted octanol–water partition coefficient (Wildman–Crippen LogP) is 1.75. The predicted molar refractivity (Wildman–Crippen MR) is 75.3 cm³/mol. The van der Waals surface area contributed by atoms with Gasteiger partial charge in [-0.3, -0.25) is 0 Å². The summed E-state index contributed by atoms with van der Waals surface area (Å²) in [7, 11) is -3.69. The summed E-state index contributed by atoms with van der Waals surface area (Å²) in [5.41, 5.74) is -1.13. The highest BCUT2D eigenvalue weighted by Crippen LogP contribution is 2.20. The molecule has 0 saturated heterocycles. The standard InChI is InChI=1S/C14H16FNO4S/c1-14(17,13-6-3-7-20-13)10-16-21(18,19)9-11-4-2-5-12(15)8-11/h2-8,16-17H,9-10H2,1H3. The SMILES string of the molecule is CC(O)(CNS(=O)(=O)Cc1cccc(F)c1)c1ccco1. The van der Waals surface area contributed by atoms with Crippen LogP contribution in [-0.4, -0.2) is 20.1 Å². The number of sulfonamides is 1. The molecule has 0 spiro atoms. The van der Waals surface area contributed by atoms with Crippen LogP contribution in [0.1, 0.15) is 18.2 Å². The van der Waals surface area contributed by atoms with Crippen molar-refractivity contribution in [2.24, 2.45) is 0 Å². The number of hydrogen-bond acceptors (Lipinski definition) is 4. The van der Waals surface area contributed by atoms with Gasteiger partial charge in [-0.1, -0.05) is 12.1 Å². The van der Waals surface area contributed by atoms with Gasteiger partial charge in [0.25, 0.3) is 0 Å². The number of benzene rings is 1. The lowest BCUT2D eigenvalue weighted by Crippen LogP contribution is -2.38. The second-order valence-electron chi connectivity index (χ2n) is 4.96. The van der Waals surface area contributed by atoms with Crippen LogP contribution in [0.2, 0.25) is 0 Å². The van der Waals surface area contributed by atoms with Gasteiger partial charge in [0, 0.05) is 6.54 Å². The van der Waals surface area contributed by atoms with Crippen LogP contribution in [0.25, 0.3) is 0 Å². The number of hydrogen-bond donors (Lipinski definition) is 2. The fraction of sp³-hybridized carbons (Fsp3) is 0.286. The Bertz CT molecular complexity index is 696. The van der Waals surface area contributed by atoms with Crippen molar-refractivity contribution in [3.05, 3.63) is 59.8 Å². The molecule has 1 atom stereocenters. The lowest BCUT2D eigenvalue weighted by atomic mass is 10.1. The van der Waals surface area contributed by atoms with Gasteiger partial charge >= 0.3 is 0 Å². The highest BCUT2D eigenvalue weighted by molar-refractivity contribution is 7.88. The Hall–Kier alpha value is -1.70. The second-order valence-corrected chi connectivity index (χ2v) is 6.77. The van der Waals surface area contributed by atoms with E-state index in [-0.39, 0.29) is 18.1 Å². The van der Waals surface area contributed by atoms with Crippen molar-refractivity contribution in [1.29, 1.82) is 0 Å². The minimum atomic E-state index is -3.69. The third-order valence-electron chi connectivity index (χ3n) is 2.93. The first-order chi connectivity index (χ1) is 9.78. The van der Waals surface area contributed by atoms with Crippen LogP contribution in [0.4, 0.5) is 4.39 Å². The summed E-state index contributed by atoms with van der Waals surface area (Å²) >= 11 is 0. The van der Waals surface area contributed by atoms with Crippen LogP contribution in [0.15, 0.2) is 47.1 Å². The summed E-state index contributed by atoms with van der Waals surface area (Å²) in [6, 6.07) is 8.52. The first-order valence-corrected chi connectivity index (χ1v) is 7.92. The Balaban J connectivity index is 2.02. The van der Waals surface area contributed by atoms with Crippen molar-refractivity contribution in [2.45, 2.75) is 18.3 Å². The molecule has 0 aliphatic rings. The maximum atomic E-state index is 13.0. The average Bonchev–Trinajstić information content (AvgIpc) is 2.91. The maximum absolute atomic E-state index is 13.0. The maximum Gasteiger partial charge on any atom is 0.215 e. The van der Waals surface area contributed by atoms with E-state index in [1.165, 1.54) is 31.4 Å². The van der Waals surface area contributed by atoms with Crippen LogP contribution in [-0.2, 0) is 21.4 Å². The van der Waals surface area contributed by atoms with Crippen LogP contribution >= 0.6 is 0 Å². The Morgan fingerprint density at radius 1 is 1.33 bits per heavy atom. The molecule has 1 aromatic carbocycles. The van der Waals surface area contributed by atoms with Gasteiger partial charge in [-0.2, -0.15) is 0 Å².